The Balaban J connectivity index is 2.48. The molecule has 0 saturated carbocycles. The Morgan fingerprint density at radius 2 is 1.68 bits per heavy atom. The van der Waals surface area contributed by atoms with E-state index in [0.29, 0.717) is 10.7 Å². The van der Waals surface area contributed by atoms with Crippen LogP contribution in [0.3, 0.4) is 0 Å². The molecule has 2 aromatic carbocycles. The fraction of sp³-hybridized carbons (Fsp3) is 0.381. The van der Waals surface area contributed by atoms with Crippen LogP contribution in [0.15, 0.2) is 47.4 Å². The van der Waals surface area contributed by atoms with Gasteiger partial charge in [0, 0.05) is 11.1 Å². The van der Waals surface area contributed by atoms with Gasteiger partial charge in [-0.15, -0.1) is 0 Å². The number of nitrogens with zero attached hydrogens (tertiary/aromatic N) is 1. The van der Waals surface area contributed by atoms with Gasteiger partial charge in [0.15, 0.2) is 0 Å². The Hall–Kier alpha value is -2.05. The average Bonchev–Trinajstić information content (AvgIpc) is 2.66. The Kier molecular flexibility index (Phi) is 7.49. The van der Waals surface area contributed by atoms with E-state index in [1.165, 1.54) is 0 Å². The van der Waals surface area contributed by atoms with Gasteiger partial charge in [0.05, 0.1) is 10.6 Å². The standard InChI is InChI=1S/C21H27ClN2O3S/c1-5-18(6-2)23-21(25)14-24(20-13-17(22)10-9-16(20)4)28(26,27)19-11-7-15(3)8-12-19/h7-13,18H,5-6,14H2,1-4H3,(H,23,25). The molecule has 0 spiro atoms. The second kappa shape index (κ2) is 9.43. The van der Waals surface area contributed by atoms with E-state index < -0.39 is 10.0 Å². The predicted molar refractivity (Wildman–Crippen MR) is 114 cm³/mol. The molecule has 0 unspecified atom stereocenters. The van der Waals surface area contributed by atoms with Crippen molar-refractivity contribution in [3.63, 3.8) is 0 Å². The van der Waals surface area contributed by atoms with Crippen molar-refractivity contribution < 1.29 is 13.2 Å². The van der Waals surface area contributed by atoms with E-state index in [2.05, 4.69) is 5.32 Å². The molecule has 0 aliphatic rings. The second-order valence-corrected chi connectivity index (χ2v) is 9.14. The van der Waals surface area contributed by atoms with Gasteiger partial charge in [-0.1, -0.05) is 49.2 Å². The zero-order valence-electron chi connectivity index (χ0n) is 16.7. The van der Waals surface area contributed by atoms with Crippen molar-refractivity contribution in [2.24, 2.45) is 0 Å². The zero-order chi connectivity index (χ0) is 20.9. The summed E-state index contributed by atoms with van der Waals surface area (Å²) in [5.41, 5.74) is 2.07. The topological polar surface area (TPSA) is 66.5 Å². The summed E-state index contributed by atoms with van der Waals surface area (Å²) in [5.74, 6) is -0.344. The maximum Gasteiger partial charge on any atom is 0.264 e. The monoisotopic (exact) mass is 422 g/mol. The zero-order valence-corrected chi connectivity index (χ0v) is 18.3. The first-order chi connectivity index (χ1) is 13.2. The molecule has 2 rings (SSSR count). The van der Waals surface area contributed by atoms with Crippen LogP contribution in [0, 0.1) is 13.8 Å². The summed E-state index contributed by atoms with van der Waals surface area (Å²) in [7, 11) is -3.94. The van der Waals surface area contributed by atoms with Crippen molar-refractivity contribution in [1.29, 1.82) is 0 Å². The quantitative estimate of drug-likeness (QED) is 0.683. The second-order valence-electron chi connectivity index (χ2n) is 6.84. The van der Waals surface area contributed by atoms with E-state index in [4.69, 9.17) is 11.6 Å². The van der Waals surface area contributed by atoms with E-state index in [1.54, 1.807) is 49.4 Å². The Morgan fingerprint density at radius 1 is 1.07 bits per heavy atom. The van der Waals surface area contributed by atoms with E-state index in [9.17, 15) is 13.2 Å². The average molecular weight is 423 g/mol. The number of anilines is 1. The molecule has 152 valence electrons. The van der Waals surface area contributed by atoms with Gasteiger partial charge in [0.1, 0.15) is 6.54 Å². The number of halogens is 1. The van der Waals surface area contributed by atoms with Crippen LogP contribution in [0.2, 0.25) is 5.02 Å². The molecule has 0 aromatic heterocycles. The van der Waals surface area contributed by atoms with Gasteiger partial charge in [0.2, 0.25) is 5.91 Å². The third kappa shape index (κ3) is 5.26. The summed E-state index contributed by atoms with van der Waals surface area (Å²) in [6, 6.07) is 11.6. The van der Waals surface area contributed by atoms with Crippen LogP contribution in [-0.4, -0.2) is 26.9 Å². The van der Waals surface area contributed by atoms with Gasteiger partial charge in [-0.2, -0.15) is 0 Å². The number of sulfonamides is 1. The van der Waals surface area contributed by atoms with Gasteiger partial charge in [-0.25, -0.2) is 8.42 Å². The smallest absolute Gasteiger partial charge is 0.264 e. The number of amides is 1. The molecule has 1 amide bonds. The number of hydrogen-bond acceptors (Lipinski definition) is 3. The highest BCUT2D eigenvalue weighted by molar-refractivity contribution is 7.92. The fourth-order valence-electron chi connectivity index (χ4n) is 2.88. The first kappa shape index (κ1) is 22.2. The van der Waals surface area contributed by atoms with E-state index in [0.717, 1.165) is 28.3 Å². The first-order valence-corrected chi connectivity index (χ1v) is 11.2. The van der Waals surface area contributed by atoms with Crippen molar-refractivity contribution >= 4 is 33.2 Å². The maximum atomic E-state index is 13.4. The van der Waals surface area contributed by atoms with Gasteiger partial charge in [0.25, 0.3) is 10.0 Å². The number of nitrogens with one attached hydrogen (secondary N) is 1. The lowest BCUT2D eigenvalue weighted by Crippen LogP contribution is -2.44. The van der Waals surface area contributed by atoms with Crippen LogP contribution in [0.4, 0.5) is 5.69 Å². The SMILES string of the molecule is CCC(CC)NC(=O)CN(c1cc(Cl)ccc1C)S(=O)(=O)c1ccc(C)cc1. The minimum atomic E-state index is -3.94. The van der Waals surface area contributed by atoms with Crippen molar-refractivity contribution in [3.8, 4) is 0 Å². The van der Waals surface area contributed by atoms with Crippen LogP contribution in [0.25, 0.3) is 0 Å². The van der Waals surface area contributed by atoms with Crippen LogP contribution in [-0.2, 0) is 14.8 Å². The summed E-state index contributed by atoms with van der Waals surface area (Å²) in [6.45, 7) is 7.33. The van der Waals surface area contributed by atoms with Gasteiger partial charge < -0.3 is 5.32 Å². The molecule has 5 nitrogen and oxygen atoms in total. The van der Waals surface area contributed by atoms with Crippen LogP contribution in [0.5, 0.6) is 0 Å². The van der Waals surface area contributed by atoms with E-state index >= 15 is 0 Å². The van der Waals surface area contributed by atoms with Crippen LogP contribution < -0.4 is 9.62 Å². The van der Waals surface area contributed by atoms with Gasteiger partial charge in [-0.3, -0.25) is 9.10 Å². The van der Waals surface area contributed by atoms with Crippen molar-refractivity contribution in [2.45, 2.75) is 51.5 Å². The normalized spacial score (nSPS) is 11.5. The van der Waals surface area contributed by atoms with E-state index in [1.807, 2.05) is 20.8 Å². The summed E-state index contributed by atoms with van der Waals surface area (Å²) in [4.78, 5) is 12.8. The molecule has 0 aliphatic carbocycles. The van der Waals surface area contributed by atoms with Crippen molar-refractivity contribution in [2.75, 3.05) is 10.8 Å². The lowest BCUT2D eigenvalue weighted by atomic mass is 10.1. The first-order valence-electron chi connectivity index (χ1n) is 9.34. The molecule has 28 heavy (non-hydrogen) atoms. The van der Waals surface area contributed by atoms with Crippen molar-refractivity contribution in [1.82, 2.24) is 5.32 Å². The lowest BCUT2D eigenvalue weighted by Gasteiger charge is -2.27. The molecular formula is C21H27ClN2O3S. The highest BCUT2D eigenvalue weighted by atomic mass is 35.5. The highest BCUT2D eigenvalue weighted by Crippen LogP contribution is 2.29. The molecule has 7 heteroatoms. The molecule has 0 aliphatic heterocycles. The number of rotatable bonds is 8. The highest BCUT2D eigenvalue weighted by Gasteiger charge is 2.29. The molecule has 0 saturated heterocycles. The summed E-state index contributed by atoms with van der Waals surface area (Å²) < 4.78 is 27.9. The number of benzene rings is 2. The van der Waals surface area contributed by atoms with Crippen LogP contribution >= 0.6 is 11.6 Å². The molecular weight excluding hydrogens is 396 g/mol. The predicted octanol–water partition coefficient (Wildman–Crippen LogP) is 4.46. The number of carbonyl (C=O) groups is 1. The third-order valence-electron chi connectivity index (χ3n) is 4.69. The minimum Gasteiger partial charge on any atom is -0.352 e. The fourth-order valence-corrected chi connectivity index (χ4v) is 4.53. The maximum absolute atomic E-state index is 13.4. The summed E-state index contributed by atoms with van der Waals surface area (Å²) in [5, 5.41) is 3.31. The molecule has 2 aromatic rings. The number of hydrogen-bond donors (Lipinski definition) is 1. The largest absolute Gasteiger partial charge is 0.352 e. The third-order valence-corrected chi connectivity index (χ3v) is 6.70. The minimum absolute atomic E-state index is 0.0110. The van der Waals surface area contributed by atoms with Crippen LogP contribution in [0.1, 0.15) is 37.8 Å². The Labute approximate surface area is 172 Å². The number of aryl methyl sites for hydroxylation is 2. The Bertz CT molecular complexity index is 923. The Morgan fingerprint density at radius 3 is 2.25 bits per heavy atom. The number of carbonyl (C=O) groups excluding carboxylic acids is 1. The van der Waals surface area contributed by atoms with Gasteiger partial charge in [-0.05, 0) is 56.5 Å². The van der Waals surface area contributed by atoms with Gasteiger partial charge >= 0.3 is 0 Å². The lowest BCUT2D eigenvalue weighted by molar-refractivity contribution is -0.120. The molecule has 0 heterocycles. The summed E-state index contributed by atoms with van der Waals surface area (Å²) in [6.07, 6.45) is 1.56. The molecule has 0 radical (unpaired) electrons. The molecule has 0 fully saturated rings. The van der Waals surface area contributed by atoms with E-state index in [-0.39, 0.29) is 23.4 Å². The molecule has 1 N–H and O–H groups in total. The molecule has 0 atom stereocenters. The van der Waals surface area contributed by atoms with Crippen molar-refractivity contribution in [3.05, 3.63) is 58.6 Å². The molecule has 0 bridgehead atoms. The summed E-state index contributed by atoms with van der Waals surface area (Å²) >= 11 is 6.12.